The first-order valence-corrected chi connectivity index (χ1v) is 5.43. The fourth-order valence-electron chi connectivity index (χ4n) is 1.89. The molecule has 0 aliphatic carbocycles. The number of aromatic nitrogens is 2. The molecule has 0 atom stereocenters. The van der Waals surface area contributed by atoms with Crippen LogP contribution in [-0.4, -0.2) is 14.3 Å². The van der Waals surface area contributed by atoms with Crippen LogP contribution in [0.4, 0.5) is 5.69 Å². The summed E-state index contributed by atoms with van der Waals surface area (Å²) < 4.78 is 1.67. The molecule has 0 N–H and O–H groups in total. The minimum atomic E-state index is -0.420. The van der Waals surface area contributed by atoms with E-state index in [4.69, 9.17) is 0 Å². The highest BCUT2D eigenvalue weighted by Gasteiger charge is 2.15. The van der Waals surface area contributed by atoms with E-state index in [2.05, 4.69) is 4.98 Å². The number of rotatable bonds is 2. The molecule has 0 bridgehead atoms. The Hall–Kier alpha value is -2.69. The van der Waals surface area contributed by atoms with Gasteiger partial charge in [0, 0.05) is 24.0 Å². The zero-order valence-corrected chi connectivity index (χ0v) is 9.35. The molecule has 1 aromatic carbocycles. The smallest absolute Gasteiger partial charge is 0.301 e. The van der Waals surface area contributed by atoms with E-state index in [-0.39, 0.29) is 5.69 Å². The number of nitrogens with zero attached hydrogens (tertiary/aromatic N) is 3. The Morgan fingerprint density at radius 1 is 1.11 bits per heavy atom. The summed E-state index contributed by atoms with van der Waals surface area (Å²) in [5, 5.41) is 10.9. The summed E-state index contributed by atoms with van der Waals surface area (Å²) in [6, 6.07) is 12.7. The van der Waals surface area contributed by atoms with Crippen LogP contribution in [0.2, 0.25) is 0 Å². The van der Waals surface area contributed by atoms with Crippen molar-refractivity contribution in [3.05, 3.63) is 65.0 Å². The molecule has 0 radical (unpaired) electrons. The predicted molar refractivity (Wildman–Crippen MR) is 67.3 cm³/mol. The molecule has 2 heterocycles. The average molecular weight is 239 g/mol. The van der Waals surface area contributed by atoms with Gasteiger partial charge in [-0.3, -0.25) is 10.1 Å². The molecule has 0 aliphatic rings. The van der Waals surface area contributed by atoms with E-state index >= 15 is 0 Å². The third-order valence-electron chi connectivity index (χ3n) is 2.73. The Morgan fingerprint density at radius 3 is 2.61 bits per heavy atom. The van der Waals surface area contributed by atoms with Crippen LogP contribution in [0.1, 0.15) is 0 Å². The first-order chi connectivity index (χ1) is 8.75. The second-order valence-electron chi connectivity index (χ2n) is 3.87. The SMILES string of the molecule is O=[N+]([O-])c1cccn2cc(-c3ccccc3)nc12. The summed E-state index contributed by atoms with van der Waals surface area (Å²) >= 11 is 0. The van der Waals surface area contributed by atoms with Crippen LogP contribution in [0.15, 0.2) is 54.9 Å². The molecular weight excluding hydrogens is 230 g/mol. The molecule has 0 saturated heterocycles. The van der Waals surface area contributed by atoms with Gasteiger partial charge in [0.25, 0.3) is 0 Å². The fourth-order valence-corrected chi connectivity index (χ4v) is 1.89. The Balaban J connectivity index is 2.23. The van der Waals surface area contributed by atoms with Gasteiger partial charge in [-0.2, -0.15) is 0 Å². The van der Waals surface area contributed by atoms with Gasteiger partial charge in [-0.25, -0.2) is 4.98 Å². The van der Waals surface area contributed by atoms with E-state index in [0.717, 1.165) is 11.3 Å². The van der Waals surface area contributed by atoms with Gasteiger partial charge in [0.15, 0.2) is 0 Å². The van der Waals surface area contributed by atoms with Crippen LogP contribution in [0.5, 0.6) is 0 Å². The number of imidazole rings is 1. The molecule has 0 unspecified atom stereocenters. The zero-order chi connectivity index (χ0) is 12.5. The second kappa shape index (κ2) is 3.96. The number of pyridine rings is 1. The van der Waals surface area contributed by atoms with E-state index in [9.17, 15) is 10.1 Å². The third kappa shape index (κ3) is 1.62. The number of fused-ring (bicyclic) bond motifs is 1. The molecule has 0 spiro atoms. The minimum absolute atomic E-state index is 0.0136. The van der Waals surface area contributed by atoms with Crippen molar-refractivity contribution in [1.82, 2.24) is 9.38 Å². The van der Waals surface area contributed by atoms with Crippen LogP contribution >= 0.6 is 0 Å². The maximum Gasteiger partial charge on any atom is 0.312 e. The van der Waals surface area contributed by atoms with Gasteiger partial charge in [0.05, 0.1) is 10.6 Å². The standard InChI is InChI=1S/C13H9N3O2/c17-16(18)12-7-4-8-15-9-11(14-13(12)15)10-5-2-1-3-6-10/h1-9H. The van der Waals surface area contributed by atoms with Crippen molar-refractivity contribution in [2.45, 2.75) is 0 Å². The summed E-state index contributed by atoms with van der Waals surface area (Å²) in [5.74, 6) is 0. The Bertz CT molecular complexity index is 719. The van der Waals surface area contributed by atoms with Crippen LogP contribution in [-0.2, 0) is 0 Å². The monoisotopic (exact) mass is 239 g/mol. The maximum atomic E-state index is 10.9. The zero-order valence-electron chi connectivity index (χ0n) is 9.35. The van der Waals surface area contributed by atoms with Crippen molar-refractivity contribution in [3.8, 4) is 11.3 Å². The van der Waals surface area contributed by atoms with Gasteiger partial charge >= 0.3 is 5.69 Å². The fraction of sp³-hybridized carbons (Fsp3) is 0. The van der Waals surface area contributed by atoms with Gasteiger partial charge in [0.1, 0.15) is 0 Å². The largest absolute Gasteiger partial charge is 0.312 e. The maximum absolute atomic E-state index is 10.9. The quantitative estimate of drug-likeness (QED) is 0.510. The van der Waals surface area contributed by atoms with Crippen LogP contribution < -0.4 is 0 Å². The molecule has 0 saturated carbocycles. The highest BCUT2D eigenvalue weighted by atomic mass is 16.6. The van der Waals surface area contributed by atoms with Crippen molar-refractivity contribution < 1.29 is 4.92 Å². The van der Waals surface area contributed by atoms with Crippen molar-refractivity contribution in [2.75, 3.05) is 0 Å². The lowest BCUT2D eigenvalue weighted by Gasteiger charge is -1.93. The molecule has 0 fully saturated rings. The number of hydrogen-bond donors (Lipinski definition) is 0. The molecule has 18 heavy (non-hydrogen) atoms. The molecule has 5 heteroatoms. The predicted octanol–water partition coefficient (Wildman–Crippen LogP) is 2.91. The van der Waals surface area contributed by atoms with Crippen molar-refractivity contribution in [3.63, 3.8) is 0 Å². The Kier molecular flexibility index (Phi) is 2.30. The summed E-state index contributed by atoms with van der Waals surface area (Å²) in [6.45, 7) is 0. The summed E-state index contributed by atoms with van der Waals surface area (Å²) in [7, 11) is 0. The molecule has 0 amide bonds. The Morgan fingerprint density at radius 2 is 1.89 bits per heavy atom. The third-order valence-corrected chi connectivity index (χ3v) is 2.73. The molecular formula is C13H9N3O2. The van der Waals surface area contributed by atoms with Crippen molar-refractivity contribution >= 4 is 11.3 Å². The number of benzene rings is 1. The topological polar surface area (TPSA) is 60.4 Å². The molecule has 88 valence electrons. The molecule has 5 nitrogen and oxygen atoms in total. The first-order valence-electron chi connectivity index (χ1n) is 5.43. The first kappa shape index (κ1) is 10.5. The van der Waals surface area contributed by atoms with Gasteiger partial charge in [0.2, 0.25) is 5.65 Å². The van der Waals surface area contributed by atoms with E-state index in [1.807, 2.05) is 30.3 Å². The van der Waals surface area contributed by atoms with Crippen molar-refractivity contribution in [1.29, 1.82) is 0 Å². The lowest BCUT2D eigenvalue weighted by Crippen LogP contribution is -1.92. The van der Waals surface area contributed by atoms with E-state index in [1.54, 1.807) is 22.9 Å². The Labute approximate surface area is 102 Å². The number of nitro groups is 1. The summed E-state index contributed by atoms with van der Waals surface area (Å²) in [6.07, 6.45) is 3.54. The highest BCUT2D eigenvalue weighted by Crippen LogP contribution is 2.23. The lowest BCUT2D eigenvalue weighted by molar-refractivity contribution is -0.383. The van der Waals surface area contributed by atoms with Crippen LogP contribution in [0.3, 0.4) is 0 Å². The molecule has 2 aromatic heterocycles. The van der Waals surface area contributed by atoms with Crippen LogP contribution in [0.25, 0.3) is 16.9 Å². The average Bonchev–Trinajstić information content (AvgIpc) is 2.83. The molecule has 3 aromatic rings. The summed E-state index contributed by atoms with van der Waals surface area (Å²) in [4.78, 5) is 14.8. The normalized spacial score (nSPS) is 10.7. The molecule has 3 rings (SSSR count). The second-order valence-corrected chi connectivity index (χ2v) is 3.87. The van der Waals surface area contributed by atoms with Crippen molar-refractivity contribution in [2.24, 2.45) is 0 Å². The van der Waals surface area contributed by atoms with Gasteiger partial charge in [-0.15, -0.1) is 0 Å². The molecule has 0 aliphatic heterocycles. The van der Waals surface area contributed by atoms with Gasteiger partial charge in [-0.1, -0.05) is 30.3 Å². The minimum Gasteiger partial charge on any atom is -0.301 e. The highest BCUT2D eigenvalue weighted by molar-refractivity contribution is 5.68. The van der Waals surface area contributed by atoms with Gasteiger partial charge < -0.3 is 4.40 Å². The van der Waals surface area contributed by atoms with Crippen LogP contribution in [0, 0.1) is 10.1 Å². The number of hydrogen-bond acceptors (Lipinski definition) is 3. The van der Waals surface area contributed by atoms with E-state index in [0.29, 0.717) is 5.65 Å². The van der Waals surface area contributed by atoms with Gasteiger partial charge in [-0.05, 0) is 6.07 Å². The lowest BCUT2D eigenvalue weighted by atomic mass is 10.2. The van der Waals surface area contributed by atoms with E-state index in [1.165, 1.54) is 6.07 Å². The van der Waals surface area contributed by atoms with E-state index < -0.39 is 4.92 Å². The summed E-state index contributed by atoms with van der Waals surface area (Å²) in [5.41, 5.74) is 2.04.